The average Bonchev–Trinajstić information content (AvgIpc) is 2.68. The fraction of sp³-hybridized carbons (Fsp3) is 0.188. The van der Waals surface area contributed by atoms with Crippen molar-refractivity contribution in [3.63, 3.8) is 0 Å². The molecular weight excluding hydrogens is 424 g/mol. The number of hydrogen-bond acceptors (Lipinski definition) is 8. The Balaban J connectivity index is 1.89. The summed E-state index contributed by atoms with van der Waals surface area (Å²) in [4.78, 5) is 20.6. The van der Waals surface area contributed by atoms with E-state index in [-0.39, 0.29) is 11.4 Å². The topological polar surface area (TPSA) is 129 Å². The Bertz CT molecular complexity index is 933. The van der Waals surface area contributed by atoms with Gasteiger partial charge < -0.3 is 9.47 Å². The number of fused-ring (bicyclic) bond motifs is 1. The normalized spacial score (nSPS) is 13.1. The van der Waals surface area contributed by atoms with E-state index < -0.39 is 15.5 Å². The zero-order chi connectivity index (χ0) is 19.4. The average molecular weight is 437 g/mol. The van der Waals surface area contributed by atoms with Gasteiger partial charge in [0.2, 0.25) is 0 Å². The van der Waals surface area contributed by atoms with Gasteiger partial charge >= 0.3 is 5.69 Å². The molecule has 0 fully saturated rings. The van der Waals surface area contributed by atoms with Crippen molar-refractivity contribution >= 4 is 38.7 Å². The quantitative estimate of drug-likeness (QED) is 0.317. The summed E-state index contributed by atoms with van der Waals surface area (Å²) in [6.07, 6.45) is 0. The number of non-ortho nitro benzene ring substituents is 1. The van der Waals surface area contributed by atoms with Crippen LogP contribution in [-0.4, -0.2) is 34.1 Å². The van der Waals surface area contributed by atoms with Crippen molar-refractivity contribution < 1.29 is 19.3 Å². The lowest BCUT2D eigenvalue weighted by Gasteiger charge is -2.19. The predicted octanol–water partition coefficient (Wildman–Crippen LogP) is 3.49. The molecule has 1 heterocycles. The van der Waals surface area contributed by atoms with Crippen LogP contribution in [0.1, 0.15) is 5.56 Å². The molecule has 11 heteroatoms. The molecule has 0 spiro atoms. The molecule has 0 amide bonds. The summed E-state index contributed by atoms with van der Waals surface area (Å²) in [5.41, 5.74) is 3.13. The molecular formula is C16H13BrN4O6. The Labute approximate surface area is 161 Å². The zero-order valence-corrected chi connectivity index (χ0v) is 15.3. The van der Waals surface area contributed by atoms with Crippen molar-refractivity contribution in [3.05, 3.63) is 62.2 Å². The molecule has 0 atom stereocenters. The summed E-state index contributed by atoms with van der Waals surface area (Å²) >= 11 is 3.33. The highest BCUT2D eigenvalue weighted by Crippen LogP contribution is 2.32. The number of ether oxygens (including phenoxy) is 2. The lowest BCUT2D eigenvalue weighted by Crippen LogP contribution is -2.16. The molecule has 0 saturated heterocycles. The first-order valence-electron chi connectivity index (χ1n) is 7.71. The first-order chi connectivity index (χ1) is 13.0. The molecule has 10 nitrogen and oxygen atoms in total. The van der Waals surface area contributed by atoms with E-state index in [4.69, 9.17) is 9.47 Å². The number of benzene rings is 2. The second-order valence-corrected chi connectivity index (χ2v) is 5.94. The SMILES string of the molecule is O=[N+]([O-])c1ccc(N/N=C(\CBr)c2ccc3c(c2)OCCO3)c([N+](=O)[O-])c1. The molecule has 0 unspecified atom stereocenters. The highest BCUT2D eigenvalue weighted by atomic mass is 79.9. The number of halogens is 1. The van der Waals surface area contributed by atoms with Crippen molar-refractivity contribution in [1.29, 1.82) is 0 Å². The second kappa shape index (κ2) is 7.99. The van der Waals surface area contributed by atoms with Crippen LogP contribution < -0.4 is 14.9 Å². The lowest BCUT2D eigenvalue weighted by atomic mass is 10.1. The van der Waals surface area contributed by atoms with E-state index >= 15 is 0 Å². The van der Waals surface area contributed by atoms with Gasteiger partial charge in [0.05, 0.1) is 21.6 Å². The fourth-order valence-corrected chi connectivity index (χ4v) is 2.85. The molecule has 0 radical (unpaired) electrons. The van der Waals surface area contributed by atoms with Gasteiger partial charge in [-0.1, -0.05) is 15.9 Å². The van der Waals surface area contributed by atoms with Crippen LogP contribution in [0.15, 0.2) is 41.5 Å². The van der Waals surface area contributed by atoms with E-state index in [9.17, 15) is 20.2 Å². The van der Waals surface area contributed by atoms with Crippen LogP contribution in [0.4, 0.5) is 17.1 Å². The molecule has 3 rings (SSSR count). The Morgan fingerprint density at radius 2 is 1.81 bits per heavy atom. The van der Waals surface area contributed by atoms with E-state index in [2.05, 4.69) is 26.5 Å². The minimum atomic E-state index is -0.706. The summed E-state index contributed by atoms with van der Waals surface area (Å²) in [5, 5.41) is 26.6. The largest absolute Gasteiger partial charge is 0.486 e. The monoisotopic (exact) mass is 436 g/mol. The van der Waals surface area contributed by atoms with Gasteiger partial charge in [-0.2, -0.15) is 5.10 Å². The molecule has 2 aromatic carbocycles. The van der Waals surface area contributed by atoms with E-state index in [1.165, 1.54) is 12.1 Å². The highest BCUT2D eigenvalue weighted by Gasteiger charge is 2.20. The van der Waals surface area contributed by atoms with Crippen molar-refractivity contribution in [2.45, 2.75) is 0 Å². The van der Waals surface area contributed by atoms with Crippen molar-refractivity contribution in [1.82, 2.24) is 0 Å². The maximum absolute atomic E-state index is 11.2. The van der Waals surface area contributed by atoms with Gasteiger partial charge in [-0.15, -0.1) is 0 Å². The van der Waals surface area contributed by atoms with E-state index in [1.807, 2.05) is 0 Å². The van der Waals surface area contributed by atoms with Gasteiger partial charge in [-0.25, -0.2) is 0 Å². The number of alkyl halides is 1. The summed E-state index contributed by atoms with van der Waals surface area (Å²) in [6, 6.07) is 8.62. The van der Waals surface area contributed by atoms with Crippen molar-refractivity contribution in [2.75, 3.05) is 24.0 Å². The first kappa shape index (κ1) is 18.6. The number of nitrogens with one attached hydrogen (secondary N) is 1. The summed E-state index contributed by atoms with van der Waals surface area (Å²) in [6.45, 7) is 0.932. The van der Waals surface area contributed by atoms with Gasteiger partial charge in [0.15, 0.2) is 11.5 Å². The second-order valence-electron chi connectivity index (χ2n) is 5.38. The third-order valence-electron chi connectivity index (χ3n) is 3.70. The minimum absolute atomic E-state index is 0.0431. The number of hydrazone groups is 1. The molecule has 0 bridgehead atoms. The number of nitro benzene ring substituents is 2. The van der Waals surface area contributed by atoms with Crippen molar-refractivity contribution in [3.8, 4) is 11.5 Å². The van der Waals surface area contributed by atoms with Crippen LogP contribution in [0, 0.1) is 20.2 Å². The maximum Gasteiger partial charge on any atom is 0.301 e. The predicted molar refractivity (Wildman–Crippen MR) is 101 cm³/mol. The lowest BCUT2D eigenvalue weighted by molar-refractivity contribution is -0.393. The smallest absolute Gasteiger partial charge is 0.301 e. The fourth-order valence-electron chi connectivity index (χ4n) is 2.40. The molecule has 1 aliphatic heterocycles. The minimum Gasteiger partial charge on any atom is -0.486 e. The number of hydrogen-bond donors (Lipinski definition) is 1. The van der Waals surface area contributed by atoms with Crippen LogP contribution in [0.3, 0.4) is 0 Å². The Morgan fingerprint density at radius 3 is 2.48 bits per heavy atom. The Kier molecular flexibility index (Phi) is 5.50. The van der Waals surface area contributed by atoms with Gasteiger partial charge in [0.25, 0.3) is 5.69 Å². The molecule has 0 aromatic heterocycles. The third kappa shape index (κ3) is 4.14. The molecule has 2 aromatic rings. The summed E-state index contributed by atoms with van der Waals surface area (Å²) < 4.78 is 11.0. The van der Waals surface area contributed by atoms with E-state index in [1.54, 1.807) is 18.2 Å². The molecule has 1 N–H and O–H groups in total. The highest BCUT2D eigenvalue weighted by molar-refractivity contribution is 9.09. The van der Waals surface area contributed by atoms with Crippen LogP contribution in [0.5, 0.6) is 11.5 Å². The van der Waals surface area contributed by atoms with Crippen LogP contribution >= 0.6 is 15.9 Å². The Hall–Kier alpha value is -3.21. The number of rotatable bonds is 6. The molecule has 1 aliphatic rings. The van der Waals surface area contributed by atoms with E-state index in [0.29, 0.717) is 35.8 Å². The first-order valence-corrected chi connectivity index (χ1v) is 8.83. The number of nitrogens with zero attached hydrogens (tertiary/aromatic N) is 3. The number of nitro groups is 2. The summed E-state index contributed by atoms with van der Waals surface area (Å²) in [5.74, 6) is 1.23. The standard InChI is InChI=1S/C16H13BrN4O6/c17-9-13(10-1-4-15-16(7-10)27-6-5-26-15)19-18-12-3-2-11(20(22)23)8-14(12)21(24)25/h1-4,7-8,18H,5-6,9H2/b19-13+. The number of anilines is 1. The van der Waals surface area contributed by atoms with Gasteiger partial charge in [0, 0.05) is 17.0 Å². The van der Waals surface area contributed by atoms with Crippen LogP contribution in [0.25, 0.3) is 0 Å². The van der Waals surface area contributed by atoms with Crippen LogP contribution in [-0.2, 0) is 0 Å². The van der Waals surface area contributed by atoms with Crippen LogP contribution in [0.2, 0.25) is 0 Å². The third-order valence-corrected chi connectivity index (χ3v) is 4.23. The Morgan fingerprint density at radius 1 is 1.07 bits per heavy atom. The van der Waals surface area contributed by atoms with Gasteiger partial charge in [-0.3, -0.25) is 25.7 Å². The van der Waals surface area contributed by atoms with E-state index in [0.717, 1.165) is 11.6 Å². The maximum atomic E-state index is 11.2. The van der Waals surface area contributed by atoms with Gasteiger partial charge in [0.1, 0.15) is 18.9 Å². The van der Waals surface area contributed by atoms with Gasteiger partial charge in [-0.05, 0) is 24.3 Å². The molecule has 140 valence electrons. The van der Waals surface area contributed by atoms with Crippen molar-refractivity contribution in [2.24, 2.45) is 5.10 Å². The zero-order valence-electron chi connectivity index (χ0n) is 13.8. The summed E-state index contributed by atoms with van der Waals surface area (Å²) in [7, 11) is 0. The molecule has 0 aliphatic carbocycles. The molecule has 0 saturated carbocycles. The molecule has 27 heavy (non-hydrogen) atoms.